The lowest BCUT2D eigenvalue weighted by Crippen LogP contribution is -2.57. The lowest BCUT2D eigenvalue weighted by atomic mass is 9.60. The quantitative estimate of drug-likeness (QED) is 0.759. The number of nitrogens with two attached hydrogens (primary N) is 2. The van der Waals surface area contributed by atoms with Crippen LogP contribution in [0.2, 0.25) is 0 Å². The molecule has 6 heteroatoms. The molecular formula is C14H28N2O4. The van der Waals surface area contributed by atoms with Crippen LogP contribution in [-0.2, 0) is 9.47 Å². The number of rotatable bonds is 5. The first-order valence-corrected chi connectivity index (χ1v) is 6.74. The number of amides is 2. The Balaban J connectivity index is 5.21. The second kappa shape index (κ2) is 6.33. The maximum absolute atomic E-state index is 11.3. The summed E-state index contributed by atoms with van der Waals surface area (Å²) in [6.07, 6.45) is -0.551. The Morgan fingerprint density at radius 1 is 0.900 bits per heavy atom. The highest BCUT2D eigenvalue weighted by Gasteiger charge is 2.53. The molecule has 0 atom stereocenters. The molecule has 118 valence electrons. The van der Waals surface area contributed by atoms with Crippen molar-refractivity contribution in [2.24, 2.45) is 22.3 Å². The highest BCUT2D eigenvalue weighted by molar-refractivity contribution is 5.65. The molecule has 0 aromatic carbocycles. The van der Waals surface area contributed by atoms with E-state index in [1.165, 1.54) is 0 Å². The smallest absolute Gasteiger partial charge is 0.405 e. The third-order valence-corrected chi connectivity index (χ3v) is 3.62. The van der Waals surface area contributed by atoms with E-state index in [4.69, 9.17) is 20.9 Å². The van der Waals surface area contributed by atoms with E-state index in [0.717, 1.165) is 0 Å². The fourth-order valence-corrected chi connectivity index (χ4v) is 2.90. The van der Waals surface area contributed by atoms with Crippen molar-refractivity contribution in [1.29, 1.82) is 0 Å². The molecule has 20 heavy (non-hydrogen) atoms. The zero-order valence-electron chi connectivity index (χ0n) is 13.4. The minimum absolute atomic E-state index is 0.186. The summed E-state index contributed by atoms with van der Waals surface area (Å²) in [6, 6.07) is 0. The highest BCUT2D eigenvalue weighted by Crippen LogP contribution is 2.49. The van der Waals surface area contributed by atoms with E-state index < -0.39 is 17.8 Å². The Bertz CT molecular complexity index is 339. The van der Waals surface area contributed by atoms with Crippen molar-refractivity contribution >= 4 is 12.2 Å². The van der Waals surface area contributed by atoms with Crippen LogP contribution in [0.25, 0.3) is 0 Å². The number of ether oxygens (including phenoxy) is 2. The van der Waals surface area contributed by atoms with Gasteiger partial charge in [-0.3, -0.25) is 0 Å². The summed E-state index contributed by atoms with van der Waals surface area (Å²) >= 11 is 0. The van der Waals surface area contributed by atoms with Gasteiger partial charge in [0.25, 0.3) is 0 Å². The summed E-state index contributed by atoms with van der Waals surface area (Å²) in [4.78, 5) is 21.9. The maximum atomic E-state index is 11.3. The van der Waals surface area contributed by atoms with Crippen LogP contribution in [0.5, 0.6) is 0 Å². The molecule has 0 aliphatic carbocycles. The van der Waals surface area contributed by atoms with E-state index in [2.05, 4.69) is 0 Å². The standard InChI is InChI=1S/C14H28N2O4/c1-12(2,3)14(13(4,5)6,20-11(16)18)8-7-9-19-10(15)17/h7-9H2,1-6H3,(H2,15,17)(H2,16,18). The molecule has 0 spiro atoms. The molecule has 0 fully saturated rings. The average molecular weight is 288 g/mol. The molecule has 0 bridgehead atoms. The average Bonchev–Trinajstić information content (AvgIpc) is 2.18. The monoisotopic (exact) mass is 288 g/mol. The van der Waals surface area contributed by atoms with Crippen molar-refractivity contribution < 1.29 is 19.1 Å². The fraction of sp³-hybridized carbons (Fsp3) is 0.857. The second-order valence-corrected chi connectivity index (χ2v) is 7.02. The topological polar surface area (TPSA) is 105 Å². The normalized spacial score (nSPS) is 12.9. The van der Waals surface area contributed by atoms with Crippen molar-refractivity contribution in [3.8, 4) is 0 Å². The van der Waals surface area contributed by atoms with E-state index in [0.29, 0.717) is 12.8 Å². The Kier molecular flexibility index (Phi) is 5.86. The van der Waals surface area contributed by atoms with Crippen LogP contribution in [-0.4, -0.2) is 24.4 Å². The first-order valence-electron chi connectivity index (χ1n) is 6.74. The van der Waals surface area contributed by atoms with Crippen LogP contribution >= 0.6 is 0 Å². The van der Waals surface area contributed by atoms with Crippen molar-refractivity contribution in [1.82, 2.24) is 0 Å². The van der Waals surface area contributed by atoms with Crippen LogP contribution in [0, 0.1) is 10.8 Å². The molecule has 0 radical (unpaired) electrons. The van der Waals surface area contributed by atoms with Crippen molar-refractivity contribution in [3.05, 3.63) is 0 Å². The molecule has 0 heterocycles. The number of carbonyl (C=O) groups excluding carboxylic acids is 2. The molecule has 0 saturated carbocycles. The molecule has 0 aliphatic rings. The maximum Gasteiger partial charge on any atom is 0.405 e. The largest absolute Gasteiger partial charge is 0.450 e. The van der Waals surface area contributed by atoms with Crippen LogP contribution in [0.4, 0.5) is 9.59 Å². The minimum atomic E-state index is -0.807. The van der Waals surface area contributed by atoms with Gasteiger partial charge < -0.3 is 20.9 Å². The molecular weight excluding hydrogens is 260 g/mol. The van der Waals surface area contributed by atoms with Gasteiger partial charge in [-0.15, -0.1) is 0 Å². The molecule has 2 amide bonds. The van der Waals surface area contributed by atoms with Gasteiger partial charge in [0.1, 0.15) is 5.60 Å². The van der Waals surface area contributed by atoms with Crippen LogP contribution in [0.15, 0.2) is 0 Å². The van der Waals surface area contributed by atoms with Crippen molar-refractivity contribution in [2.75, 3.05) is 6.61 Å². The summed E-state index contributed by atoms with van der Waals surface area (Å²) in [6.45, 7) is 12.2. The number of hydrogen-bond acceptors (Lipinski definition) is 4. The SMILES string of the molecule is CC(C)(C)C(CCCOC(N)=O)(OC(N)=O)C(C)(C)C. The van der Waals surface area contributed by atoms with E-state index >= 15 is 0 Å². The van der Waals surface area contributed by atoms with Gasteiger partial charge in [-0.2, -0.15) is 0 Å². The zero-order chi connectivity index (χ0) is 16.2. The van der Waals surface area contributed by atoms with Gasteiger partial charge in [-0.1, -0.05) is 41.5 Å². The van der Waals surface area contributed by atoms with Crippen LogP contribution < -0.4 is 11.5 Å². The molecule has 4 N–H and O–H groups in total. The lowest BCUT2D eigenvalue weighted by molar-refractivity contribution is -0.144. The Hall–Kier alpha value is -1.46. The summed E-state index contributed by atoms with van der Waals surface area (Å²) in [5.74, 6) is 0. The van der Waals surface area contributed by atoms with Gasteiger partial charge in [0.15, 0.2) is 0 Å². The summed E-state index contributed by atoms with van der Waals surface area (Å²) in [5.41, 5.74) is 8.76. The predicted octanol–water partition coefficient (Wildman–Crippen LogP) is 2.79. The van der Waals surface area contributed by atoms with Gasteiger partial charge in [0.05, 0.1) is 6.61 Å². The molecule has 0 aromatic heterocycles. The predicted molar refractivity (Wildman–Crippen MR) is 77.1 cm³/mol. The van der Waals surface area contributed by atoms with Gasteiger partial charge in [-0.05, 0) is 12.8 Å². The summed E-state index contributed by atoms with van der Waals surface area (Å²) in [5, 5.41) is 0. The highest BCUT2D eigenvalue weighted by atomic mass is 16.6. The van der Waals surface area contributed by atoms with Gasteiger partial charge >= 0.3 is 12.2 Å². The van der Waals surface area contributed by atoms with Crippen LogP contribution in [0.3, 0.4) is 0 Å². The Morgan fingerprint density at radius 2 is 1.35 bits per heavy atom. The first-order chi connectivity index (χ1) is 8.83. The van der Waals surface area contributed by atoms with E-state index in [9.17, 15) is 9.59 Å². The van der Waals surface area contributed by atoms with Crippen molar-refractivity contribution in [3.63, 3.8) is 0 Å². The molecule has 0 aromatic rings. The summed E-state index contributed by atoms with van der Waals surface area (Å²) < 4.78 is 10.3. The first kappa shape index (κ1) is 18.5. The van der Waals surface area contributed by atoms with E-state index in [-0.39, 0.29) is 17.4 Å². The second-order valence-electron chi connectivity index (χ2n) is 7.02. The Morgan fingerprint density at radius 3 is 1.65 bits per heavy atom. The Labute approximate surface area is 121 Å². The third kappa shape index (κ3) is 4.58. The zero-order valence-corrected chi connectivity index (χ0v) is 13.4. The van der Waals surface area contributed by atoms with Gasteiger partial charge in [0.2, 0.25) is 0 Å². The van der Waals surface area contributed by atoms with E-state index in [1.54, 1.807) is 0 Å². The van der Waals surface area contributed by atoms with E-state index in [1.807, 2.05) is 41.5 Å². The third-order valence-electron chi connectivity index (χ3n) is 3.62. The molecule has 0 unspecified atom stereocenters. The number of carbonyl (C=O) groups is 2. The summed E-state index contributed by atoms with van der Waals surface area (Å²) in [7, 11) is 0. The van der Waals surface area contributed by atoms with Crippen molar-refractivity contribution in [2.45, 2.75) is 60.0 Å². The fourth-order valence-electron chi connectivity index (χ4n) is 2.90. The van der Waals surface area contributed by atoms with Gasteiger partial charge in [-0.25, -0.2) is 9.59 Å². The molecule has 0 aliphatic heterocycles. The molecule has 0 rings (SSSR count). The number of hydrogen-bond donors (Lipinski definition) is 2. The minimum Gasteiger partial charge on any atom is -0.450 e. The molecule has 0 saturated heterocycles. The molecule has 6 nitrogen and oxygen atoms in total. The van der Waals surface area contributed by atoms with Crippen LogP contribution in [0.1, 0.15) is 54.4 Å². The van der Waals surface area contributed by atoms with Gasteiger partial charge in [0, 0.05) is 10.8 Å². The lowest BCUT2D eigenvalue weighted by Gasteiger charge is -2.52. The number of primary amides is 2.